The smallest absolute Gasteiger partial charge is 0.239 e. The number of nitrogens with two attached hydrogens (primary N) is 1. The number of hydrogen-bond acceptors (Lipinski definition) is 3. The van der Waals surface area contributed by atoms with Gasteiger partial charge in [-0.15, -0.1) is 12.4 Å². The highest BCUT2D eigenvalue weighted by Gasteiger charge is 2.38. The zero-order valence-corrected chi connectivity index (χ0v) is 16.4. The number of amides is 2. The first-order valence-electron chi connectivity index (χ1n) is 8.76. The van der Waals surface area contributed by atoms with Crippen LogP contribution in [0.5, 0.6) is 0 Å². The molecule has 1 atom stereocenters. The van der Waals surface area contributed by atoms with Gasteiger partial charge < -0.3 is 16.0 Å². The van der Waals surface area contributed by atoms with Gasteiger partial charge in [0.2, 0.25) is 11.8 Å². The topological polar surface area (TPSA) is 75.4 Å². The fourth-order valence-electron chi connectivity index (χ4n) is 3.17. The van der Waals surface area contributed by atoms with Crippen molar-refractivity contribution in [2.45, 2.75) is 52.5 Å². The SMILES string of the molecule is CCC(N)(CC)CNC(=O)C1CCN(c2cc(C)cc(C)c2)C1=O.Cl. The van der Waals surface area contributed by atoms with Crippen molar-refractivity contribution in [3.63, 3.8) is 0 Å². The number of rotatable bonds is 6. The van der Waals surface area contributed by atoms with E-state index in [9.17, 15) is 9.59 Å². The molecule has 6 heteroatoms. The molecule has 1 aliphatic rings. The molecular weight excluding hydrogens is 338 g/mol. The zero-order chi connectivity index (χ0) is 17.9. The Kier molecular flexibility index (Phi) is 7.44. The van der Waals surface area contributed by atoms with Crippen LogP contribution in [0.4, 0.5) is 5.69 Å². The minimum Gasteiger partial charge on any atom is -0.354 e. The Bertz CT molecular complexity index is 609. The third-order valence-electron chi connectivity index (χ3n) is 5.06. The molecule has 3 N–H and O–H groups in total. The molecule has 0 aliphatic carbocycles. The second kappa shape index (κ2) is 8.68. The molecule has 140 valence electrons. The van der Waals surface area contributed by atoms with Crippen LogP contribution in [0.25, 0.3) is 0 Å². The molecule has 0 aromatic heterocycles. The standard InChI is InChI=1S/C19H29N3O2.ClH/c1-5-19(20,6-2)12-21-17(23)16-7-8-22(18(16)24)15-10-13(3)9-14(4)11-15;/h9-11,16H,5-8,12,20H2,1-4H3,(H,21,23);1H. The van der Waals surface area contributed by atoms with Gasteiger partial charge in [-0.1, -0.05) is 19.9 Å². The number of hydrogen-bond donors (Lipinski definition) is 2. The average Bonchev–Trinajstić information content (AvgIpc) is 2.93. The lowest BCUT2D eigenvalue weighted by Gasteiger charge is -2.27. The molecule has 5 nitrogen and oxygen atoms in total. The number of nitrogens with zero attached hydrogens (tertiary/aromatic N) is 1. The van der Waals surface area contributed by atoms with Gasteiger partial charge in [-0.25, -0.2) is 0 Å². The van der Waals surface area contributed by atoms with E-state index in [1.807, 2.05) is 39.8 Å². The van der Waals surface area contributed by atoms with Crippen molar-refractivity contribution in [3.8, 4) is 0 Å². The molecule has 1 saturated heterocycles. The minimum atomic E-state index is -0.608. The predicted molar refractivity (Wildman–Crippen MR) is 104 cm³/mol. The van der Waals surface area contributed by atoms with Gasteiger partial charge in [0.15, 0.2) is 0 Å². The minimum absolute atomic E-state index is 0. The van der Waals surface area contributed by atoms with E-state index >= 15 is 0 Å². The second-order valence-electron chi connectivity index (χ2n) is 6.96. The number of benzene rings is 1. The van der Waals surface area contributed by atoms with Gasteiger partial charge >= 0.3 is 0 Å². The van der Waals surface area contributed by atoms with E-state index in [4.69, 9.17) is 5.73 Å². The number of carbonyl (C=O) groups is 2. The number of carbonyl (C=O) groups excluding carboxylic acids is 2. The lowest BCUT2D eigenvalue weighted by atomic mass is 9.94. The Morgan fingerprint density at radius 2 is 1.80 bits per heavy atom. The van der Waals surface area contributed by atoms with Crippen molar-refractivity contribution >= 4 is 29.9 Å². The summed E-state index contributed by atoms with van der Waals surface area (Å²) in [5.74, 6) is -0.930. The average molecular weight is 368 g/mol. The molecule has 1 unspecified atom stereocenters. The molecule has 0 saturated carbocycles. The van der Waals surface area contributed by atoms with Gasteiger partial charge in [0.25, 0.3) is 0 Å². The molecular formula is C19H30ClN3O2. The number of nitrogens with one attached hydrogen (secondary N) is 1. The highest BCUT2D eigenvalue weighted by Crippen LogP contribution is 2.27. The largest absolute Gasteiger partial charge is 0.354 e. The molecule has 1 aliphatic heterocycles. The van der Waals surface area contributed by atoms with E-state index in [1.54, 1.807) is 4.90 Å². The lowest BCUT2D eigenvalue weighted by Crippen LogP contribution is -2.51. The normalized spacial score (nSPS) is 17.4. The summed E-state index contributed by atoms with van der Waals surface area (Å²) in [6.45, 7) is 9.03. The first-order valence-corrected chi connectivity index (χ1v) is 8.76. The lowest BCUT2D eigenvalue weighted by molar-refractivity contribution is -0.132. The third kappa shape index (κ3) is 4.95. The monoisotopic (exact) mass is 367 g/mol. The van der Waals surface area contributed by atoms with Crippen molar-refractivity contribution in [1.82, 2.24) is 5.32 Å². The van der Waals surface area contributed by atoms with Gasteiger partial charge in [0, 0.05) is 24.3 Å². The van der Waals surface area contributed by atoms with Crippen LogP contribution in [-0.4, -0.2) is 30.4 Å². The summed E-state index contributed by atoms with van der Waals surface area (Å²) in [4.78, 5) is 26.8. The summed E-state index contributed by atoms with van der Waals surface area (Å²) in [6, 6.07) is 6.05. The van der Waals surface area contributed by atoms with Crippen LogP contribution in [-0.2, 0) is 9.59 Å². The first kappa shape index (κ1) is 21.5. The van der Waals surface area contributed by atoms with Crippen LogP contribution in [0.3, 0.4) is 0 Å². The van der Waals surface area contributed by atoms with Gasteiger partial charge in [0.1, 0.15) is 5.92 Å². The van der Waals surface area contributed by atoms with E-state index in [2.05, 4.69) is 11.4 Å². The number of halogens is 1. The Hall–Kier alpha value is -1.59. The number of aryl methyl sites for hydroxylation is 2. The maximum absolute atomic E-state index is 12.7. The Morgan fingerprint density at radius 3 is 2.32 bits per heavy atom. The van der Waals surface area contributed by atoms with E-state index in [-0.39, 0.29) is 24.2 Å². The fraction of sp³-hybridized carbons (Fsp3) is 0.579. The van der Waals surface area contributed by atoms with Crippen LogP contribution in [0.2, 0.25) is 0 Å². The van der Waals surface area contributed by atoms with E-state index in [0.717, 1.165) is 29.7 Å². The molecule has 1 aromatic carbocycles. The quantitative estimate of drug-likeness (QED) is 0.759. The van der Waals surface area contributed by atoms with Gasteiger partial charge in [-0.3, -0.25) is 9.59 Å². The highest BCUT2D eigenvalue weighted by molar-refractivity contribution is 6.09. The summed E-state index contributed by atoms with van der Waals surface area (Å²) >= 11 is 0. The van der Waals surface area contributed by atoms with Crippen molar-refractivity contribution < 1.29 is 9.59 Å². The summed E-state index contributed by atoms with van der Waals surface area (Å²) in [5, 5.41) is 2.88. The summed E-state index contributed by atoms with van der Waals surface area (Å²) in [6.07, 6.45) is 2.13. The summed E-state index contributed by atoms with van der Waals surface area (Å²) in [7, 11) is 0. The van der Waals surface area contributed by atoms with Crippen LogP contribution in [0.15, 0.2) is 18.2 Å². The van der Waals surface area contributed by atoms with Gasteiger partial charge in [0.05, 0.1) is 0 Å². The van der Waals surface area contributed by atoms with E-state index < -0.39 is 11.5 Å². The number of anilines is 1. The van der Waals surface area contributed by atoms with Gasteiger partial charge in [-0.2, -0.15) is 0 Å². The third-order valence-corrected chi connectivity index (χ3v) is 5.06. The first-order chi connectivity index (χ1) is 11.3. The molecule has 0 spiro atoms. The molecule has 1 aromatic rings. The highest BCUT2D eigenvalue weighted by atomic mass is 35.5. The maximum Gasteiger partial charge on any atom is 0.239 e. The Balaban J connectivity index is 0.00000312. The second-order valence-corrected chi connectivity index (χ2v) is 6.96. The van der Waals surface area contributed by atoms with Crippen LogP contribution in [0, 0.1) is 19.8 Å². The Labute approximate surface area is 156 Å². The zero-order valence-electron chi connectivity index (χ0n) is 15.6. The molecule has 1 heterocycles. The molecule has 2 amide bonds. The van der Waals surface area contributed by atoms with E-state index in [0.29, 0.717) is 19.5 Å². The summed E-state index contributed by atoms with van der Waals surface area (Å²) < 4.78 is 0. The van der Waals surface area contributed by atoms with Crippen LogP contribution >= 0.6 is 12.4 Å². The van der Waals surface area contributed by atoms with Crippen molar-refractivity contribution in [3.05, 3.63) is 29.3 Å². The van der Waals surface area contributed by atoms with Crippen molar-refractivity contribution in [1.29, 1.82) is 0 Å². The predicted octanol–water partition coefficient (Wildman–Crippen LogP) is 2.71. The molecule has 0 bridgehead atoms. The maximum atomic E-state index is 12.7. The fourth-order valence-corrected chi connectivity index (χ4v) is 3.17. The van der Waals surface area contributed by atoms with E-state index in [1.165, 1.54) is 0 Å². The summed E-state index contributed by atoms with van der Waals surface area (Å²) in [5.41, 5.74) is 8.93. The molecule has 2 rings (SSSR count). The molecule has 1 fully saturated rings. The Morgan fingerprint density at radius 1 is 1.24 bits per heavy atom. The van der Waals surface area contributed by atoms with Crippen molar-refractivity contribution in [2.75, 3.05) is 18.0 Å². The van der Waals surface area contributed by atoms with Gasteiger partial charge in [-0.05, 0) is 56.4 Å². The van der Waals surface area contributed by atoms with Crippen LogP contribution < -0.4 is 16.0 Å². The molecule has 25 heavy (non-hydrogen) atoms. The molecule has 0 radical (unpaired) electrons. The van der Waals surface area contributed by atoms with Crippen LogP contribution in [0.1, 0.15) is 44.2 Å². The van der Waals surface area contributed by atoms with Crippen molar-refractivity contribution in [2.24, 2.45) is 11.7 Å².